The molecule has 10 heteroatoms. The fourth-order valence-electron chi connectivity index (χ4n) is 5.43. The average Bonchev–Trinajstić information content (AvgIpc) is 3.12. The Labute approximate surface area is 331 Å². The summed E-state index contributed by atoms with van der Waals surface area (Å²) in [5, 5.41) is 0. The minimum Gasteiger partial charge on any atom is -0.462 e. The Kier molecular flexibility index (Phi) is 35.2. The van der Waals surface area contributed by atoms with Crippen molar-refractivity contribution in [1.29, 1.82) is 0 Å². The van der Waals surface area contributed by atoms with Gasteiger partial charge >= 0.3 is 19.8 Å². The highest BCUT2D eigenvalue weighted by Gasteiger charge is 2.27. The molecule has 0 aromatic heterocycles. The van der Waals surface area contributed by atoms with Crippen molar-refractivity contribution in [2.75, 3.05) is 47.5 Å². The maximum atomic E-state index is 12.7. The lowest BCUT2D eigenvalue weighted by Gasteiger charge is -2.24. The number of phosphoric ester groups is 1. The predicted molar refractivity (Wildman–Crippen MR) is 224 cm³/mol. The van der Waals surface area contributed by atoms with E-state index < -0.39 is 32.5 Å². The Morgan fingerprint density at radius 3 is 1.54 bits per heavy atom. The van der Waals surface area contributed by atoms with Gasteiger partial charge < -0.3 is 18.9 Å². The standard InChI is InChI=1S/C44H80NO8P/c1-6-8-10-12-14-16-18-20-22-24-26-28-30-32-34-36-43(46)50-40-42(41-52-54(48,49)51-39-38-45(3,4)5)53-44(47)37-35-33-31-29-27-25-23-21-19-17-15-13-11-9-7-2/h15,17,20-23,26,28,42H,6-14,16,18-19,24-25,27,29-41H2,1-5H3/p+1/b17-15+,22-20+,23-21+,28-26+/t42-/m1/s1. The molecule has 0 heterocycles. The smallest absolute Gasteiger partial charge is 0.462 e. The van der Waals surface area contributed by atoms with Crippen LogP contribution in [-0.4, -0.2) is 74.9 Å². The number of allylic oxidation sites excluding steroid dienone is 8. The van der Waals surface area contributed by atoms with E-state index in [4.69, 9.17) is 18.5 Å². The summed E-state index contributed by atoms with van der Waals surface area (Å²) < 4.78 is 34.2. The number of hydrogen-bond acceptors (Lipinski definition) is 7. The van der Waals surface area contributed by atoms with Crippen molar-refractivity contribution in [1.82, 2.24) is 0 Å². The summed E-state index contributed by atoms with van der Waals surface area (Å²) in [6.45, 7) is 4.32. The van der Waals surface area contributed by atoms with Crippen LogP contribution in [0.1, 0.15) is 168 Å². The van der Waals surface area contributed by atoms with E-state index >= 15 is 0 Å². The van der Waals surface area contributed by atoms with Crippen molar-refractivity contribution in [2.45, 2.75) is 174 Å². The van der Waals surface area contributed by atoms with Crippen molar-refractivity contribution in [3.05, 3.63) is 48.6 Å². The summed E-state index contributed by atoms with van der Waals surface area (Å²) >= 11 is 0. The fraction of sp³-hybridized carbons (Fsp3) is 0.773. The van der Waals surface area contributed by atoms with Crippen LogP contribution < -0.4 is 0 Å². The van der Waals surface area contributed by atoms with Gasteiger partial charge in [-0.3, -0.25) is 18.6 Å². The number of phosphoric acid groups is 1. The normalized spacial score (nSPS) is 14.1. The van der Waals surface area contributed by atoms with Crippen LogP contribution in [-0.2, 0) is 32.7 Å². The number of likely N-dealkylation sites (N-methyl/N-ethyl adjacent to an activating group) is 1. The van der Waals surface area contributed by atoms with E-state index in [1.807, 2.05) is 21.1 Å². The molecule has 0 fully saturated rings. The van der Waals surface area contributed by atoms with Crippen molar-refractivity contribution in [3.63, 3.8) is 0 Å². The average molecular weight is 783 g/mol. The van der Waals surface area contributed by atoms with Gasteiger partial charge in [0.15, 0.2) is 6.10 Å². The quantitative estimate of drug-likeness (QED) is 0.0217. The molecule has 0 saturated heterocycles. The third kappa shape index (κ3) is 39.7. The fourth-order valence-corrected chi connectivity index (χ4v) is 6.17. The SMILES string of the molecule is CCCCC/C=C/C/C=C/CCCCCCCC(=O)O[C@H](COC(=O)CCCC/C=C/C/C=C/CCCCCCCC)COP(=O)(O)OCC[N+](C)(C)C. The first-order chi connectivity index (χ1) is 26.0. The maximum absolute atomic E-state index is 12.7. The van der Waals surface area contributed by atoms with Gasteiger partial charge in [-0.05, 0) is 77.0 Å². The van der Waals surface area contributed by atoms with Gasteiger partial charge in [-0.25, -0.2) is 4.57 Å². The van der Waals surface area contributed by atoms with Crippen LogP contribution in [0.25, 0.3) is 0 Å². The van der Waals surface area contributed by atoms with Crippen molar-refractivity contribution >= 4 is 19.8 Å². The zero-order valence-corrected chi connectivity index (χ0v) is 36.1. The molecule has 0 radical (unpaired) electrons. The predicted octanol–water partition coefficient (Wildman–Crippen LogP) is 11.9. The van der Waals surface area contributed by atoms with Gasteiger partial charge in [0.1, 0.15) is 19.8 Å². The van der Waals surface area contributed by atoms with E-state index in [-0.39, 0.29) is 26.1 Å². The molecule has 0 aliphatic heterocycles. The Morgan fingerprint density at radius 2 is 1.00 bits per heavy atom. The second-order valence-corrected chi connectivity index (χ2v) is 16.8. The van der Waals surface area contributed by atoms with Crippen LogP contribution in [0.2, 0.25) is 0 Å². The number of rotatable bonds is 38. The van der Waals surface area contributed by atoms with Crippen LogP contribution in [0.15, 0.2) is 48.6 Å². The zero-order valence-electron chi connectivity index (χ0n) is 35.2. The lowest BCUT2D eigenvalue weighted by molar-refractivity contribution is -0.870. The Balaban J connectivity index is 4.47. The second kappa shape index (κ2) is 36.6. The van der Waals surface area contributed by atoms with Gasteiger partial charge in [0.05, 0.1) is 27.7 Å². The number of carbonyl (C=O) groups excluding carboxylic acids is 2. The van der Waals surface area contributed by atoms with Crippen LogP contribution in [0, 0.1) is 0 Å². The van der Waals surface area contributed by atoms with E-state index in [9.17, 15) is 19.0 Å². The molecule has 0 rings (SSSR count). The van der Waals surface area contributed by atoms with Gasteiger partial charge in [-0.2, -0.15) is 0 Å². The highest BCUT2D eigenvalue weighted by atomic mass is 31.2. The summed E-state index contributed by atoms with van der Waals surface area (Å²) in [5.41, 5.74) is 0. The molecule has 1 unspecified atom stereocenters. The Morgan fingerprint density at radius 1 is 0.574 bits per heavy atom. The highest BCUT2D eigenvalue weighted by molar-refractivity contribution is 7.47. The summed E-state index contributed by atoms with van der Waals surface area (Å²) in [6, 6.07) is 0. The van der Waals surface area contributed by atoms with E-state index in [2.05, 4.69) is 62.5 Å². The van der Waals surface area contributed by atoms with E-state index in [0.29, 0.717) is 23.9 Å². The molecule has 9 nitrogen and oxygen atoms in total. The largest absolute Gasteiger partial charge is 0.472 e. The van der Waals surface area contributed by atoms with Crippen molar-refractivity contribution in [3.8, 4) is 0 Å². The topological polar surface area (TPSA) is 108 Å². The molecule has 0 bridgehead atoms. The summed E-state index contributed by atoms with van der Waals surface area (Å²) in [7, 11) is 1.44. The lowest BCUT2D eigenvalue weighted by Crippen LogP contribution is -2.37. The minimum atomic E-state index is -4.38. The number of unbranched alkanes of at least 4 members (excludes halogenated alkanes) is 16. The molecule has 314 valence electrons. The zero-order chi connectivity index (χ0) is 40.0. The van der Waals surface area contributed by atoms with Crippen molar-refractivity contribution < 1.29 is 42.1 Å². The van der Waals surface area contributed by atoms with Gasteiger partial charge in [0.25, 0.3) is 0 Å². The third-order valence-electron chi connectivity index (χ3n) is 8.83. The Bertz CT molecular complexity index is 1070. The first-order valence-corrected chi connectivity index (χ1v) is 22.9. The number of quaternary nitrogens is 1. The summed E-state index contributed by atoms with van der Waals surface area (Å²) in [5.74, 6) is -0.856. The molecule has 0 aliphatic rings. The van der Waals surface area contributed by atoms with Crippen LogP contribution in [0.4, 0.5) is 0 Å². The number of carbonyl (C=O) groups is 2. The Hall–Kier alpha value is -2.03. The first-order valence-electron chi connectivity index (χ1n) is 21.4. The van der Waals surface area contributed by atoms with Gasteiger partial charge in [-0.1, -0.05) is 127 Å². The molecule has 0 aliphatic carbocycles. The molecule has 1 N–H and O–H groups in total. The third-order valence-corrected chi connectivity index (χ3v) is 9.82. The van der Waals surface area contributed by atoms with Crippen LogP contribution in [0.5, 0.6) is 0 Å². The highest BCUT2D eigenvalue weighted by Crippen LogP contribution is 2.43. The minimum absolute atomic E-state index is 0.0225. The molecule has 2 atom stereocenters. The molecule has 0 saturated carbocycles. The molecule has 0 spiro atoms. The lowest BCUT2D eigenvalue weighted by atomic mass is 10.1. The molecular weight excluding hydrogens is 701 g/mol. The number of hydrogen-bond donors (Lipinski definition) is 1. The summed E-state index contributed by atoms with van der Waals surface area (Å²) in [4.78, 5) is 35.3. The molecule has 0 aromatic carbocycles. The van der Waals surface area contributed by atoms with Crippen LogP contribution >= 0.6 is 7.82 Å². The van der Waals surface area contributed by atoms with E-state index in [1.165, 1.54) is 64.2 Å². The van der Waals surface area contributed by atoms with Gasteiger partial charge in [-0.15, -0.1) is 0 Å². The molecule has 0 amide bonds. The molecular formula is C44H81NO8P+. The monoisotopic (exact) mass is 783 g/mol. The first kappa shape index (κ1) is 52.0. The number of ether oxygens (including phenoxy) is 2. The summed E-state index contributed by atoms with van der Waals surface area (Å²) in [6.07, 6.45) is 41.6. The van der Waals surface area contributed by atoms with Gasteiger partial charge in [0, 0.05) is 12.8 Å². The van der Waals surface area contributed by atoms with Gasteiger partial charge in [0.2, 0.25) is 0 Å². The number of nitrogens with zero attached hydrogens (tertiary/aromatic N) is 1. The van der Waals surface area contributed by atoms with Crippen molar-refractivity contribution in [2.24, 2.45) is 0 Å². The van der Waals surface area contributed by atoms with E-state index in [0.717, 1.165) is 64.2 Å². The number of esters is 2. The maximum Gasteiger partial charge on any atom is 0.472 e. The second-order valence-electron chi connectivity index (χ2n) is 15.4. The van der Waals surface area contributed by atoms with E-state index in [1.54, 1.807) is 0 Å². The van der Waals surface area contributed by atoms with Crippen LogP contribution in [0.3, 0.4) is 0 Å². The molecule has 54 heavy (non-hydrogen) atoms. The molecule has 0 aromatic rings.